The summed E-state index contributed by atoms with van der Waals surface area (Å²) < 4.78 is 5.48. The molecule has 69 heavy (non-hydrogen) atoms. The molecule has 0 saturated heterocycles. The number of nitrogens with one attached hydrogen (secondary N) is 1. The molecular formula is C63H119NO5. The molecule has 0 aliphatic heterocycles. The minimum absolute atomic E-state index is 0.00309. The number of aliphatic hydroxyl groups excluding tert-OH is 2. The van der Waals surface area contributed by atoms with Gasteiger partial charge in [-0.15, -0.1) is 0 Å². The smallest absolute Gasteiger partial charge is 0.305 e. The monoisotopic (exact) mass is 970 g/mol. The van der Waals surface area contributed by atoms with Crippen molar-refractivity contribution >= 4 is 11.9 Å². The van der Waals surface area contributed by atoms with E-state index in [1.807, 2.05) is 6.08 Å². The van der Waals surface area contributed by atoms with Crippen LogP contribution >= 0.6 is 0 Å². The predicted molar refractivity (Wildman–Crippen MR) is 301 cm³/mol. The normalized spacial score (nSPS) is 12.8. The minimum Gasteiger partial charge on any atom is -0.466 e. The van der Waals surface area contributed by atoms with Gasteiger partial charge in [-0.25, -0.2) is 0 Å². The third-order valence-corrected chi connectivity index (χ3v) is 14.2. The van der Waals surface area contributed by atoms with Gasteiger partial charge < -0.3 is 20.3 Å². The summed E-state index contributed by atoms with van der Waals surface area (Å²) in [7, 11) is 0. The van der Waals surface area contributed by atoms with E-state index >= 15 is 0 Å². The lowest BCUT2D eigenvalue weighted by atomic mass is 10.0. The lowest BCUT2D eigenvalue weighted by Crippen LogP contribution is -2.45. The number of hydrogen-bond donors (Lipinski definition) is 3. The van der Waals surface area contributed by atoms with Gasteiger partial charge in [-0.1, -0.05) is 288 Å². The van der Waals surface area contributed by atoms with Crippen molar-refractivity contribution in [1.29, 1.82) is 0 Å². The Morgan fingerprint density at radius 3 is 1.13 bits per heavy atom. The summed E-state index contributed by atoms with van der Waals surface area (Å²) in [5, 5.41) is 23.2. The van der Waals surface area contributed by atoms with Crippen molar-refractivity contribution in [1.82, 2.24) is 5.32 Å². The molecule has 0 fully saturated rings. The highest BCUT2D eigenvalue weighted by molar-refractivity contribution is 5.76. The Morgan fingerprint density at radius 1 is 0.406 bits per heavy atom. The van der Waals surface area contributed by atoms with E-state index in [0.29, 0.717) is 19.4 Å². The number of aliphatic hydroxyl groups is 2. The summed E-state index contributed by atoms with van der Waals surface area (Å²) in [5.41, 5.74) is 0. The molecule has 0 aliphatic carbocycles. The lowest BCUT2D eigenvalue weighted by Gasteiger charge is -2.20. The van der Waals surface area contributed by atoms with E-state index in [0.717, 1.165) is 51.4 Å². The molecule has 0 aliphatic rings. The van der Waals surface area contributed by atoms with Crippen molar-refractivity contribution in [3.8, 4) is 0 Å². The van der Waals surface area contributed by atoms with Crippen LogP contribution in [-0.2, 0) is 14.3 Å². The fourth-order valence-electron chi connectivity index (χ4n) is 9.43. The quantitative estimate of drug-likeness (QED) is 0.0321. The molecule has 6 heteroatoms. The van der Waals surface area contributed by atoms with E-state index in [-0.39, 0.29) is 18.5 Å². The second kappa shape index (κ2) is 58.6. The molecule has 2 unspecified atom stereocenters. The van der Waals surface area contributed by atoms with Gasteiger partial charge in [-0.2, -0.15) is 0 Å². The summed E-state index contributed by atoms with van der Waals surface area (Å²) in [6.45, 7) is 4.88. The van der Waals surface area contributed by atoms with E-state index < -0.39 is 12.1 Å². The first-order valence-corrected chi connectivity index (χ1v) is 30.8. The summed E-state index contributed by atoms with van der Waals surface area (Å²) in [6.07, 6.45) is 73.1. The molecule has 6 nitrogen and oxygen atoms in total. The topological polar surface area (TPSA) is 95.9 Å². The van der Waals surface area contributed by atoms with Gasteiger partial charge in [0.05, 0.1) is 25.4 Å². The fourth-order valence-corrected chi connectivity index (χ4v) is 9.43. The number of allylic oxidation sites excluding steroid dienone is 5. The number of ether oxygens (including phenoxy) is 1. The van der Waals surface area contributed by atoms with Gasteiger partial charge in [0.2, 0.25) is 5.91 Å². The number of amides is 1. The van der Waals surface area contributed by atoms with Crippen LogP contribution < -0.4 is 5.32 Å². The zero-order valence-electron chi connectivity index (χ0n) is 46.3. The van der Waals surface area contributed by atoms with E-state index in [1.54, 1.807) is 6.08 Å². The Balaban J connectivity index is 3.44. The Morgan fingerprint density at radius 2 is 0.725 bits per heavy atom. The molecule has 1 amide bonds. The molecule has 0 aromatic rings. The third kappa shape index (κ3) is 55.2. The van der Waals surface area contributed by atoms with Crippen LogP contribution in [0.4, 0.5) is 0 Å². The first kappa shape index (κ1) is 67.1. The lowest BCUT2D eigenvalue weighted by molar-refractivity contribution is -0.143. The average molecular weight is 971 g/mol. The number of esters is 1. The van der Waals surface area contributed by atoms with Gasteiger partial charge in [-0.3, -0.25) is 9.59 Å². The molecule has 3 N–H and O–H groups in total. The Labute approximate surface area is 430 Å². The predicted octanol–water partition coefficient (Wildman–Crippen LogP) is 19.2. The highest BCUT2D eigenvalue weighted by Gasteiger charge is 2.18. The van der Waals surface area contributed by atoms with E-state index in [9.17, 15) is 19.8 Å². The van der Waals surface area contributed by atoms with Crippen LogP contribution in [0.5, 0.6) is 0 Å². The van der Waals surface area contributed by atoms with Crippen LogP contribution in [0.1, 0.15) is 328 Å². The Kier molecular flexibility index (Phi) is 57.0. The SMILES string of the molecule is CCCCC/C=C\C/C=C\CCCCCCCCCC(=O)OCCCCCCCCCCCCCCCCCCCC(=O)NC(CO)C(O)/C=C/CCCCCCCCCCCCCCCCCC. The molecule has 0 aromatic carbocycles. The van der Waals surface area contributed by atoms with Gasteiger partial charge in [0.1, 0.15) is 0 Å². The Hall–Kier alpha value is -1.92. The summed E-state index contributed by atoms with van der Waals surface area (Å²) in [6, 6.07) is -0.633. The van der Waals surface area contributed by atoms with Crippen LogP contribution in [0, 0.1) is 0 Å². The van der Waals surface area contributed by atoms with Crippen LogP contribution in [0.15, 0.2) is 36.5 Å². The van der Waals surface area contributed by atoms with Crippen molar-refractivity contribution in [2.75, 3.05) is 13.2 Å². The zero-order valence-corrected chi connectivity index (χ0v) is 46.3. The molecule has 0 heterocycles. The fraction of sp³-hybridized carbons (Fsp3) is 0.873. The maximum atomic E-state index is 12.5. The molecule has 2 atom stereocenters. The van der Waals surface area contributed by atoms with Crippen molar-refractivity contribution in [2.24, 2.45) is 0 Å². The van der Waals surface area contributed by atoms with Crippen LogP contribution in [0.25, 0.3) is 0 Å². The maximum absolute atomic E-state index is 12.5. The standard InChI is InChI=1S/C63H119NO5/c1-3-5-7-9-11-13-15-17-19-21-24-27-31-35-39-43-47-51-55-61(66)60(59-65)64-62(67)56-52-48-44-40-36-32-28-25-22-26-30-34-38-42-46-50-54-58-69-63(68)57-53-49-45-41-37-33-29-23-20-18-16-14-12-10-8-6-4-2/h12,14,18,20,51,55,60-61,65-66H,3-11,13,15-17,19,21-50,52-54,56-59H2,1-2H3,(H,64,67)/b14-12-,20-18-,55-51+. The van der Waals surface area contributed by atoms with Gasteiger partial charge in [0, 0.05) is 12.8 Å². The van der Waals surface area contributed by atoms with Crippen LogP contribution in [0.3, 0.4) is 0 Å². The van der Waals surface area contributed by atoms with E-state index in [4.69, 9.17) is 4.74 Å². The van der Waals surface area contributed by atoms with Crippen molar-refractivity contribution in [3.63, 3.8) is 0 Å². The summed E-state index contributed by atoms with van der Waals surface area (Å²) in [5.74, 6) is -0.0747. The maximum Gasteiger partial charge on any atom is 0.305 e. The molecule has 0 spiro atoms. The minimum atomic E-state index is -0.849. The molecule has 0 radical (unpaired) electrons. The highest BCUT2D eigenvalue weighted by Crippen LogP contribution is 2.17. The third-order valence-electron chi connectivity index (χ3n) is 14.2. The summed E-state index contributed by atoms with van der Waals surface area (Å²) in [4.78, 5) is 24.6. The van der Waals surface area contributed by atoms with Gasteiger partial charge in [0.15, 0.2) is 0 Å². The molecule has 0 aromatic heterocycles. The average Bonchev–Trinajstić information content (AvgIpc) is 3.35. The first-order valence-electron chi connectivity index (χ1n) is 30.8. The number of rotatable bonds is 57. The molecule has 0 bridgehead atoms. The van der Waals surface area contributed by atoms with Crippen molar-refractivity contribution in [3.05, 3.63) is 36.5 Å². The van der Waals surface area contributed by atoms with Crippen LogP contribution in [-0.4, -0.2) is 47.4 Å². The van der Waals surface area contributed by atoms with Crippen molar-refractivity contribution in [2.45, 2.75) is 341 Å². The van der Waals surface area contributed by atoms with E-state index in [1.165, 1.54) is 250 Å². The first-order chi connectivity index (χ1) is 34.0. The molecule has 0 saturated carbocycles. The number of hydrogen-bond acceptors (Lipinski definition) is 5. The summed E-state index contributed by atoms with van der Waals surface area (Å²) >= 11 is 0. The van der Waals surface area contributed by atoms with Crippen LogP contribution in [0.2, 0.25) is 0 Å². The van der Waals surface area contributed by atoms with Gasteiger partial charge >= 0.3 is 5.97 Å². The van der Waals surface area contributed by atoms with Gasteiger partial charge in [-0.05, 0) is 64.2 Å². The number of carbonyl (C=O) groups is 2. The second-order valence-corrected chi connectivity index (χ2v) is 21.0. The molecule has 406 valence electrons. The largest absolute Gasteiger partial charge is 0.466 e. The van der Waals surface area contributed by atoms with E-state index in [2.05, 4.69) is 43.5 Å². The number of unbranched alkanes of at least 4 members (excludes halogenated alkanes) is 42. The molecule has 0 rings (SSSR count). The zero-order chi connectivity index (χ0) is 50.0. The molecular weight excluding hydrogens is 851 g/mol. The Bertz CT molecular complexity index is 1120. The highest BCUT2D eigenvalue weighted by atomic mass is 16.5. The van der Waals surface area contributed by atoms with Crippen molar-refractivity contribution < 1.29 is 24.5 Å². The number of carbonyl (C=O) groups excluding carboxylic acids is 2. The van der Waals surface area contributed by atoms with Gasteiger partial charge in [0.25, 0.3) is 0 Å². The second-order valence-electron chi connectivity index (χ2n) is 21.0.